The first-order valence-corrected chi connectivity index (χ1v) is 21.3. The number of carbonyl (C=O) groups excluding carboxylic acids is 1. The van der Waals surface area contributed by atoms with Gasteiger partial charge in [0.25, 0.3) is 0 Å². The van der Waals surface area contributed by atoms with Gasteiger partial charge < -0.3 is 5.11 Å². The molecule has 0 saturated heterocycles. The molecule has 0 spiro atoms. The maximum atomic E-state index is 11.7. The molecule has 0 fully saturated rings. The van der Waals surface area contributed by atoms with E-state index in [-0.39, 0.29) is 49.8 Å². The van der Waals surface area contributed by atoms with Crippen molar-refractivity contribution in [1.82, 2.24) is 9.97 Å². The van der Waals surface area contributed by atoms with Gasteiger partial charge in [0.1, 0.15) is 7.67 Å². The third-order valence-electron chi connectivity index (χ3n) is 8.64. The zero-order chi connectivity index (χ0) is 37.2. The van der Waals surface area contributed by atoms with E-state index in [1.54, 1.807) is 11.3 Å². The molecular weight excluding hydrogens is 805 g/mol. The quantitative estimate of drug-likeness (QED) is 0.0658. The SMILES string of the molecule is CCC(CC)C(=O)/C=C(\O)C(CC)CC.[2H]c1nc(-c2[c-]c3ccccc3c([Si](C)(C)C)c2)c2sc3cc(C([2H])([2H])C(C)(C)C)ccc3c2n1.[Ir]. The van der Waals surface area contributed by atoms with Crippen LogP contribution in [-0.2, 0) is 31.3 Å². The van der Waals surface area contributed by atoms with Crippen molar-refractivity contribution in [2.24, 2.45) is 17.3 Å². The number of hydrogen-bond donors (Lipinski definition) is 1. The molecule has 0 amide bonds. The molecule has 0 aliphatic heterocycles. The molecule has 1 N–H and O–H groups in total. The van der Waals surface area contributed by atoms with Crippen molar-refractivity contribution in [3.05, 3.63) is 78.3 Å². The van der Waals surface area contributed by atoms with E-state index in [1.165, 1.54) is 16.6 Å². The van der Waals surface area contributed by atoms with Crippen molar-refractivity contribution in [3.63, 3.8) is 0 Å². The van der Waals surface area contributed by atoms with Crippen LogP contribution in [0.15, 0.2) is 66.7 Å². The van der Waals surface area contributed by atoms with Crippen LogP contribution < -0.4 is 5.19 Å². The van der Waals surface area contributed by atoms with Gasteiger partial charge in [-0.25, -0.2) is 4.98 Å². The minimum Gasteiger partial charge on any atom is -0.512 e. The first-order valence-electron chi connectivity index (χ1n) is 18.5. The molecule has 0 bridgehead atoms. The maximum Gasteiger partial charge on any atom is 0.162 e. The van der Waals surface area contributed by atoms with Gasteiger partial charge in [0.2, 0.25) is 0 Å². The molecule has 259 valence electrons. The number of thiophene rings is 1. The number of aliphatic hydroxyl groups is 1. The molecule has 5 aromatic rings. The van der Waals surface area contributed by atoms with E-state index in [0.717, 1.165) is 62.6 Å². The van der Waals surface area contributed by atoms with Gasteiger partial charge in [-0.15, -0.1) is 40.1 Å². The molecule has 1 radical (unpaired) electrons. The summed E-state index contributed by atoms with van der Waals surface area (Å²) in [6, 6.07) is 19.9. The second kappa shape index (κ2) is 16.8. The van der Waals surface area contributed by atoms with Crippen molar-refractivity contribution in [1.29, 1.82) is 0 Å². The number of nitrogens with zero attached hydrogens (tertiary/aromatic N) is 2. The van der Waals surface area contributed by atoms with E-state index in [1.807, 2.05) is 72.7 Å². The molecule has 4 nitrogen and oxygen atoms in total. The predicted octanol–water partition coefficient (Wildman–Crippen LogP) is 11.5. The fourth-order valence-corrected chi connectivity index (χ4v) is 8.77. The van der Waals surface area contributed by atoms with E-state index in [9.17, 15) is 9.90 Å². The Hall–Kier alpha value is -2.70. The normalized spacial score (nSPS) is 13.7. The van der Waals surface area contributed by atoms with E-state index in [0.29, 0.717) is 5.56 Å². The molecule has 2 aromatic heterocycles. The number of allylic oxidation sites excluding steroid dienone is 2. The smallest absolute Gasteiger partial charge is 0.162 e. The molecule has 5 rings (SSSR count). The average molecular weight is 861 g/mol. The van der Waals surface area contributed by atoms with Gasteiger partial charge in [-0.05, 0) is 49.1 Å². The number of hydrogen-bond acceptors (Lipinski definition) is 5. The molecular formula is C41H53IrN2O2SSi-. The van der Waals surface area contributed by atoms with E-state index in [4.69, 9.17) is 4.11 Å². The molecule has 0 atom stereocenters. The van der Waals surface area contributed by atoms with E-state index in [2.05, 4.69) is 59.9 Å². The van der Waals surface area contributed by atoms with Crippen molar-refractivity contribution < 1.29 is 34.1 Å². The number of ketones is 1. The Balaban J connectivity index is 0.000000374. The fraction of sp³-hybridized carbons (Fsp3) is 0.439. The van der Waals surface area contributed by atoms with Gasteiger partial charge in [-0.3, -0.25) is 9.78 Å². The molecule has 0 aliphatic rings. The summed E-state index contributed by atoms with van der Waals surface area (Å²) in [7, 11) is -1.67. The van der Waals surface area contributed by atoms with Gasteiger partial charge in [-0.2, -0.15) is 0 Å². The molecule has 0 aliphatic carbocycles. The van der Waals surface area contributed by atoms with Gasteiger partial charge in [-0.1, -0.05) is 109 Å². The summed E-state index contributed by atoms with van der Waals surface area (Å²) in [6.45, 7) is 20.9. The van der Waals surface area contributed by atoms with Crippen LogP contribution in [0.3, 0.4) is 0 Å². The first-order chi connectivity index (χ1) is 23.4. The Bertz CT molecular complexity index is 2020. The summed E-state index contributed by atoms with van der Waals surface area (Å²) in [4.78, 5) is 20.8. The number of fused-ring (bicyclic) bond motifs is 4. The second-order valence-electron chi connectivity index (χ2n) is 14.4. The molecule has 7 heteroatoms. The van der Waals surface area contributed by atoms with Crippen LogP contribution in [0, 0.1) is 23.3 Å². The Kier molecular flexibility index (Phi) is 12.3. The van der Waals surface area contributed by atoms with Gasteiger partial charge in [0.05, 0.1) is 19.3 Å². The topological polar surface area (TPSA) is 63.1 Å². The summed E-state index contributed by atoms with van der Waals surface area (Å²) in [5.74, 6) is 0.547. The number of aliphatic hydroxyl groups excluding tert-OH is 1. The number of rotatable bonds is 10. The van der Waals surface area contributed by atoms with Crippen LogP contribution in [0.5, 0.6) is 0 Å². The zero-order valence-electron chi connectivity index (χ0n) is 33.2. The second-order valence-corrected chi connectivity index (χ2v) is 20.5. The third-order valence-corrected chi connectivity index (χ3v) is 11.8. The Labute approximate surface area is 311 Å². The van der Waals surface area contributed by atoms with Crippen molar-refractivity contribution in [3.8, 4) is 11.3 Å². The third kappa shape index (κ3) is 9.50. The number of benzene rings is 3. The van der Waals surface area contributed by atoms with Crippen molar-refractivity contribution >= 4 is 61.5 Å². The maximum absolute atomic E-state index is 11.7. The minimum atomic E-state index is -1.67. The fourth-order valence-electron chi connectivity index (χ4n) is 5.98. The van der Waals surface area contributed by atoms with Crippen LogP contribution >= 0.6 is 11.3 Å². The molecule has 0 unspecified atom stereocenters. The minimum absolute atomic E-state index is 0. The predicted molar refractivity (Wildman–Crippen MR) is 207 cm³/mol. The van der Waals surface area contributed by atoms with E-state index < -0.39 is 19.9 Å². The standard InChI is InChI=1S/C28H29N2SSi.C13H24O2.Ir/c1-28(2,3)16-18-11-12-22-23(13-18)31-27-25(29-17-30-26(22)27)20-14-19-9-7-8-10-21(19)24(15-20)32(4,5)6;1-5-10(6-2)12(14)9-13(15)11(7-3)8-4;/h7-13,15,17H,16H2,1-6H3;9-11,14H,5-8H2,1-4H3;/q-1;;/b;12-9-;/i16D2,17D;;. The van der Waals surface area contributed by atoms with Gasteiger partial charge in [0.15, 0.2) is 5.78 Å². The molecule has 0 saturated carbocycles. The Morgan fingerprint density at radius 2 is 1.62 bits per heavy atom. The summed E-state index contributed by atoms with van der Waals surface area (Å²) in [5, 5.41) is 14.3. The zero-order valence-corrected chi connectivity index (χ0v) is 34.4. The number of carbonyl (C=O) groups is 1. The van der Waals surface area contributed by atoms with Crippen molar-refractivity contribution in [2.45, 2.75) is 100 Å². The Morgan fingerprint density at radius 1 is 0.979 bits per heavy atom. The summed E-state index contributed by atoms with van der Waals surface area (Å²) < 4.78 is 27.7. The van der Waals surface area contributed by atoms with Crippen LogP contribution in [0.2, 0.25) is 19.6 Å². The molecule has 48 heavy (non-hydrogen) atoms. The first kappa shape index (κ1) is 35.1. The molecule has 3 aromatic carbocycles. The van der Waals surface area contributed by atoms with Gasteiger partial charge in [0, 0.05) is 61.2 Å². The monoisotopic (exact) mass is 861 g/mol. The summed E-state index contributed by atoms with van der Waals surface area (Å²) in [6.07, 6.45) is 3.41. The van der Waals surface area contributed by atoms with Crippen molar-refractivity contribution in [2.75, 3.05) is 0 Å². The summed E-state index contributed by atoms with van der Waals surface area (Å²) in [5.41, 5.74) is 2.48. The summed E-state index contributed by atoms with van der Waals surface area (Å²) >= 11 is 1.57. The average Bonchev–Trinajstić information content (AvgIpc) is 3.42. The Morgan fingerprint density at radius 3 is 2.23 bits per heavy atom. The van der Waals surface area contributed by atoms with E-state index >= 15 is 0 Å². The number of aromatic nitrogens is 2. The van der Waals surface area contributed by atoms with Crippen LogP contribution in [0.4, 0.5) is 0 Å². The molecule has 2 heterocycles. The van der Waals surface area contributed by atoms with Crippen LogP contribution in [-0.4, -0.2) is 28.9 Å². The van der Waals surface area contributed by atoms with Crippen LogP contribution in [0.25, 0.3) is 42.3 Å². The van der Waals surface area contributed by atoms with Gasteiger partial charge >= 0.3 is 0 Å². The van der Waals surface area contributed by atoms with Crippen LogP contribution in [0.1, 0.15) is 83.8 Å². The largest absolute Gasteiger partial charge is 0.512 e.